The molecule has 25 heavy (non-hydrogen) atoms. The second kappa shape index (κ2) is 5.96. The third-order valence-corrected chi connectivity index (χ3v) is 5.32. The Bertz CT molecular complexity index is 1060. The number of likely N-dealkylation sites (tertiary alicyclic amines) is 1. The first kappa shape index (κ1) is 15.8. The van der Waals surface area contributed by atoms with Gasteiger partial charge in [-0.15, -0.1) is 16.4 Å². The average Bonchev–Trinajstić information content (AvgIpc) is 3.21. The lowest BCUT2D eigenvalue weighted by atomic mass is 9.97. The molecule has 0 saturated carbocycles. The number of piperidine rings is 1. The number of nitrogens with zero attached hydrogens (tertiary/aromatic N) is 4. The lowest BCUT2D eigenvalue weighted by Crippen LogP contribution is -2.41. The molecule has 1 unspecified atom stereocenters. The molecule has 1 fully saturated rings. The van der Waals surface area contributed by atoms with Gasteiger partial charge < -0.3 is 9.32 Å². The molecular formula is C15H15N5O4S. The minimum Gasteiger partial charge on any atom is -0.392 e. The van der Waals surface area contributed by atoms with Crippen LogP contribution in [0.4, 0.5) is 0 Å². The van der Waals surface area contributed by atoms with E-state index in [9.17, 15) is 14.4 Å². The lowest BCUT2D eigenvalue weighted by molar-refractivity contribution is 0.0695. The van der Waals surface area contributed by atoms with Gasteiger partial charge in [-0.1, -0.05) is 0 Å². The van der Waals surface area contributed by atoms with Crippen molar-refractivity contribution in [1.29, 1.82) is 0 Å². The molecule has 130 valence electrons. The van der Waals surface area contributed by atoms with Crippen molar-refractivity contribution in [3.8, 4) is 0 Å². The van der Waals surface area contributed by atoms with Crippen molar-refractivity contribution in [2.24, 2.45) is 0 Å². The van der Waals surface area contributed by atoms with Gasteiger partial charge in [0.05, 0.1) is 5.92 Å². The monoisotopic (exact) mass is 361 g/mol. The molecule has 4 heterocycles. The maximum Gasteiger partial charge on any atom is 0.434 e. The normalized spacial score (nSPS) is 18.0. The van der Waals surface area contributed by atoms with Crippen molar-refractivity contribution in [3.05, 3.63) is 49.6 Å². The van der Waals surface area contributed by atoms with Crippen LogP contribution in [0.15, 0.2) is 25.6 Å². The number of carbonyl (C=O) groups excluding carboxylic acids is 1. The van der Waals surface area contributed by atoms with E-state index in [2.05, 4.69) is 15.2 Å². The molecule has 1 aliphatic rings. The number of hydrogen-bond acceptors (Lipinski definition) is 7. The first-order valence-electron chi connectivity index (χ1n) is 7.85. The van der Waals surface area contributed by atoms with Gasteiger partial charge in [0.2, 0.25) is 5.89 Å². The van der Waals surface area contributed by atoms with Gasteiger partial charge in [-0.3, -0.25) is 14.0 Å². The van der Waals surface area contributed by atoms with Crippen LogP contribution in [0.5, 0.6) is 0 Å². The van der Waals surface area contributed by atoms with Gasteiger partial charge in [-0.2, -0.15) is 0 Å². The summed E-state index contributed by atoms with van der Waals surface area (Å²) < 4.78 is 6.46. The first-order valence-corrected chi connectivity index (χ1v) is 8.73. The van der Waals surface area contributed by atoms with Crippen LogP contribution in [0.25, 0.3) is 4.96 Å². The maximum absolute atomic E-state index is 12.8. The van der Waals surface area contributed by atoms with E-state index in [0.717, 1.165) is 18.5 Å². The van der Waals surface area contributed by atoms with Crippen LogP contribution < -0.4 is 11.3 Å². The van der Waals surface area contributed by atoms with Gasteiger partial charge in [-0.05, 0) is 19.8 Å². The molecule has 0 bridgehead atoms. The van der Waals surface area contributed by atoms with E-state index >= 15 is 0 Å². The standard InChI is InChI=1S/C15H15N5O4S/c1-8-7-25-14-16-5-10(13(22)20(8)14)12(21)19-4-2-3-9(6-19)11-17-18-15(23)24-11/h5,7,9H,2-4,6H2,1H3,(H,18,23). The maximum atomic E-state index is 12.8. The number of aromatic amines is 1. The van der Waals surface area contributed by atoms with Crippen molar-refractivity contribution in [2.45, 2.75) is 25.7 Å². The summed E-state index contributed by atoms with van der Waals surface area (Å²) in [7, 11) is 0. The van der Waals surface area contributed by atoms with E-state index in [1.54, 1.807) is 11.8 Å². The van der Waals surface area contributed by atoms with Gasteiger partial charge in [-0.25, -0.2) is 14.9 Å². The summed E-state index contributed by atoms with van der Waals surface area (Å²) in [6.45, 7) is 2.68. The Balaban J connectivity index is 1.64. The van der Waals surface area contributed by atoms with Crippen LogP contribution in [0.2, 0.25) is 0 Å². The van der Waals surface area contributed by atoms with Crippen LogP contribution in [-0.2, 0) is 0 Å². The molecule has 9 nitrogen and oxygen atoms in total. The van der Waals surface area contributed by atoms with Crippen LogP contribution in [0.3, 0.4) is 0 Å². The Hall–Kier alpha value is -2.75. The first-order chi connectivity index (χ1) is 12.0. The number of rotatable bonds is 2. The topological polar surface area (TPSA) is 114 Å². The number of amides is 1. The summed E-state index contributed by atoms with van der Waals surface area (Å²) in [6.07, 6.45) is 2.84. The second-order valence-corrected chi connectivity index (χ2v) is 6.85. The fourth-order valence-electron chi connectivity index (χ4n) is 3.12. The van der Waals surface area contributed by atoms with E-state index < -0.39 is 5.76 Å². The lowest BCUT2D eigenvalue weighted by Gasteiger charge is -2.30. The van der Waals surface area contributed by atoms with E-state index in [1.165, 1.54) is 21.9 Å². The molecule has 1 N–H and O–H groups in total. The third kappa shape index (κ3) is 2.68. The molecule has 1 atom stereocenters. The average molecular weight is 361 g/mol. The molecule has 0 spiro atoms. The van der Waals surface area contributed by atoms with Crippen molar-refractivity contribution in [3.63, 3.8) is 0 Å². The SMILES string of the molecule is Cc1csc2ncc(C(=O)N3CCCC(c4n[nH]c(=O)o4)C3)c(=O)n12. The molecule has 10 heteroatoms. The van der Waals surface area contributed by atoms with Crippen LogP contribution >= 0.6 is 11.3 Å². The number of hydrogen-bond donors (Lipinski definition) is 1. The van der Waals surface area contributed by atoms with Gasteiger partial charge in [0.25, 0.3) is 11.5 Å². The van der Waals surface area contributed by atoms with Crippen LogP contribution in [0.1, 0.15) is 40.7 Å². The predicted octanol–water partition coefficient (Wildman–Crippen LogP) is 0.761. The minimum atomic E-state index is -0.612. The molecule has 4 rings (SSSR count). The highest BCUT2D eigenvalue weighted by atomic mass is 32.1. The predicted molar refractivity (Wildman–Crippen MR) is 89.1 cm³/mol. The van der Waals surface area contributed by atoms with Crippen molar-refractivity contribution in [2.75, 3.05) is 13.1 Å². The highest BCUT2D eigenvalue weighted by Gasteiger charge is 2.30. The molecule has 0 aromatic carbocycles. The fraction of sp³-hybridized carbons (Fsp3) is 0.400. The van der Waals surface area contributed by atoms with E-state index in [-0.39, 0.29) is 22.9 Å². The quantitative estimate of drug-likeness (QED) is 0.721. The number of aromatic nitrogens is 4. The van der Waals surface area contributed by atoms with Crippen LogP contribution in [0, 0.1) is 6.92 Å². The van der Waals surface area contributed by atoms with E-state index in [4.69, 9.17) is 4.42 Å². The molecule has 3 aromatic rings. The number of H-pyrrole nitrogens is 1. The summed E-state index contributed by atoms with van der Waals surface area (Å²) in [6, 6.07) is 0. The van der Waals surface area contributed by atoms with Gasteiger partial charge in [0.1, 0.15) is 5.56 Å². The molecule has 1 aliphatic heterocycles. The zero-order valence-electron chi connectivity index (χ0n) is 13.4. The summed E-state index contributed by atoms with van der Waals surface area (Å²) in [5, 5.41) is 7.91. The molecule has 1 amide bonds. The molecular weight excluding hydrogens is 346 g/mol. The summed E-state index contributed by atoms with van der Waals surface area (Å²) >= 11 is 1.36. The molecule has 0 radical (unpaired) electrons. The van der Waals surface area contributed by atoms with Crippen molar-refractivity contribution >= 4 is 22.2 Å². The number of aryl methyl sites for hydroxylation is 1. The zero-order valence-corrected chi connectivity index (χ0v) is 14.2. The number of fused-ring (bicyclic) bond motifs is 1. The third-order valence-electron chi connectivity index (χ3n) is 4.36. The van der Waals surface area contributed by atoms with Crippen molar-refractivity contribution in [1.82, 2.24) is 24.5 Å². The zero-order chi connectivity index (χ0) is 17.6. The fourth-order valence-corrected chi connectivity index (χ4v) is 3.95. The smallest absolute Gasteiger partial charge is 0.392 e. The van der Waals surface area contributed by atoms with Crippen molar-refractivity contribution < 1.29 is 9.21 Å². The van der Waals surface area contributed by atoms with Crippen LogP contribution in [-0.4, -0.2) is 43.5 Å². The Morgan fingerprint density at radius 3 is 3.04 bits per heavy atom. The number of carbonyl (C=O) groups is 1. The Morgan fingerprint density at radius 1 is 1.44 bits per heavy atom. The molecule has 3 aromatic heterocycles. The molecule has 0 aliphatic carbocycles. The van der Waals surface area contributed by atoms with Gasteiger partial charge >= 0.3 is 5.76 Å². The summed E-state index contributed by atoms with van der Waals surface area (Å²) in [5.41, 5.74) is 0.437. The highest BCUT2D eigenvalue weighted by Crippen LogP contribution is 2.25. The van der Waals surface area contributed by atoms with Gasteiger partial charge in [0, 0.05) is 30.4 Å². The van der Waals surface area contributed by atoms with E-state index in [0.29, 0.717) is 23.9 Å². The second-order valence-electron chi connectivity index (χ2n) is 6.01. The largest absolute Gasteiger partial charge is 0.434 e. The van der Waals surface area contributed by atoms with E-state index in [1.807, 2.05) is 5.38 Å². The summed E-state index contributed by atoms with van der Waals surface area (Å²) in [5.74, 6) is -0.847. The Kier molecular flexibility index (Phi) is 3.75. The summed E-state index contributed by atoms with van der Waals surface area (Å²) in [4.78, 5) is 43.0. The Morgan fingerprint density at radius 2 is 2.28 bits per heavy atom. The molecule has 1 saturated heterocycles. The van der Waals surface area contributed by atoms with Gasteiger partial charge in [0.15, 0.2) is 4.96 Å². The Labute approximate surface area is 144 Å². The number of nitrogens with one attached hydrogen (secondary N) is 1. The number of thiazole rings is 1. The minimum absolute atomic E-state index is 0.0446. The highest BCUT2D eigenvalue weighted by molar-refractivity contribution is 7.15.